The number of sulfonamides is 1. The van der Waals surface area contributed by atoms with Crippen LogP contribution in [0.2, 0.25) is 0 Å². The van der Waals surface area contributed by atoms with E-state index in [1.165, 1.54) is 30.6 Å². The third-order valence-corrected chi connectivity index (χ3v) is 4.35. The molecule has 1 heterocycles. The molecular formula is C14H15N5O5S. The predicted molar refractivity (Wildman–Crippen MR) is 84.9 cm³/mol. The molecule has 0 aliphatic carbocycles. The van der Waals surface area contributed by atoms with Gasteiger partial charge < -0.3 is 10.1 Å². The summed E-state index contributed by atoms with van der Waals surface area (Å²) >= 11 is 0. The zero-order valence-corrected chi connectivity index (χ0v) is 14.2. The first-order chi connectivity index (χ1) is 11.8. The third kappa shape index (κ3) is 4.70. The Hall–Kier alpha value is -3.08. The minimum absolute atomic E-state index is 0.0939. The Morgan fingerprint density at radius 2 is 1.92 bits per heavy atom. The Morgan fingerprint density at radius 3 is 2.60 bits per heavy atom. The lowest BCUT2D eigenvalue weighted by Crippen LogP contribution is -2.39. The quantitative estimate of drug-likeness (QED) is 0.714. The fraction of sp³-hybridized carbons (Fsp3) is 0.214. The maximum atomic E-state index is 12.3. The first-order valence-electron chi connectivity index (χ1n) is 6.96. The van der Waals surface area contributed by atoms with Gasteiger partial charge in [-0.25, -0.2) is 37.7 Å². The maximum absolute atomic E-state index is 12.3. The number of hydrogen-bond donors (Lipinski definition) is 2. The topological polar surface area (TPSA) is 140 Å². The van der Waals surface area contributed by atoms with Crippen molar-refractivity contribution >= 4 is 22.0 Å². The molecule has 0 fully saturated rings. The molecule has 2 aromatic rings. The van der Waals surface area contributed by atoms with Gasteiger partial charge in [0.25, 0.3) is 10.0 Å². The number of carbonyl (C=O) groups excluding carboxylic acids is 2. The van der Waals surface area contributed by atoms with Crippen molar-refractivity contribution in [3.63, 3.8) is 0 Å². The molecule has 0 unspecified atom stereocenters. The summed E-state index contributed by atoms with van der Waals surface area (Å²) in [5.41, 5.74) is -0.182. The number of aromatic nitrogens is 3. The number of methoxy groups -OCH3 is 1. The van der Waals surface area contributed by atoms with Gasteiger partial charge in [0.1, 0.15) is 17.0 Å². The highest BCUT2D eigenvalue weighted by atomic mass is 32.2. The number of carbonyl (C=O) groups is 2. The average molecular weight is 365 g/mol. The zero-order valence-electron chi connectivity index (χ0n) is 13.4. The molecule has 2 N–H and O–H groups in total. The molecule has 1 aromatic carbocycles. The number of esters is 1. The van der Waals surface area contributed by atoms with Crippen LogP contribution >= 0.6 is 0 Å². The molecule has 0 saturated carbocycles. The van der Waals surface area contributed by atoms with Crippen molar-refractivity contribution in [1.82, 2.24) is 25.0 Å². The molecule has 0 spiro atoms. The standard InChI is InChI=1S/C14H15N5O5S/c1-9-16-8-17-12(18-9)7-15-14(21)19-25(22,23)11-6-4-3-5-10(11)13(20)24-2/h3-6,8H,7H2,1-2H3,(H2,15,19,21). The fourth-order valence-corrected chi connectivity index (χ4v) is 2.99. The van der Waals surface area contributed by atoms with Crippen LogP contribution in [0.4, 0.5) is 4.79 Å². The third-order valence-electron chi connectivity index (χ3n) is 2.96. The maximum Gasteiger partial charge on any atom is 0.339 e. The van der Waals surface area contributed by atoms with Crippen LogP contribution in [0, 0.1) is 6.92 Å². The van der Waals surface area contributed by atoms with Crippen molar-refractivity contribution in [2.75, 3.05) is 7.11 Å². The molecule has 2 rings (SSSR count). The van der Waals surface area contributed by atoms with Gasteiger partial charge in [0.15, 0.2) is 5.82 Å². The summed E-state index contributed by atoms with van der Waals surface area (Å²) in [5.74, 6) is -0.0936. The van der Waals surface area contributed by atoms with Crippen molar-refractivity contribution in [2.45, 2.75) is 18.4 Å². The van der Waals surface area contributed by atoms with E-state index in [0.29, 0.717) is 5.82 Å². The number of nitrogens with one attached hydrogen (secondary N) is 2. The molecule has 1 aromatic heterocycles. The zero-order chi connectivity index (χ0) is 18.4. The van der Waals surface area contributed by atoms with Gasteiger partial charge in [-0.2, -0.15) is 0 Å². The van der Waals surface area contributed by atoms with Crippen molar-refractivity contribution in [1.29, 1.82) is 0 Å². The van der Waals surface area contributed by atoms with Crippen LogP contribution in [0.1, 0.15) is 22.0 Å². The number of aryl methyl sites for hydroxylation is 1. The van der Waals surface area contributed by atoms with Gasteiger partial charge in [-0.05, 0) is 19.1 Å². The molecule has 132 valence electrons. The summed E-state index contributed by atoms with van der Waals surface area (Å²) in [6.07, 6.45) is 1.28. The van der Waals surface area contributed by atoms with Crippen LogP contribution in [-0.4, -0.2) is 42.5 Å². The predicted octanol–water partition coefficient (Wildman–Crippen LogP) is 0.155. The summed E-state index contributed by atoms with van der Waals surface area (Å²) in [6, 6.07) is 4.39. The van der Waals surface area contributed by atoms with Gasteiger partial charge in [0, 0.05) is 0 Å². The summed E-state index contributed by atoms with van der Waals surface area (Å²) in [7, 11) is -3.15. The minimum Gasteiger partial charge on any atom is -0.465 e. The van der Waals surface area contributed by atoms with Crippen LogP contribution in [0.3, 0.4) is 0 Å². The highest BCUT2D eigenvalue weighted by Gasteiger charge is 2.24. The first kappa shape index (κ1) is 18.3. The Bertz CT molecular complexity index is 900. The van der Waals surface area contributed by atoms with E-state index in [0.717, 1.165) is 7.11 Å². The second-order valence-electron chi connectivity index (χ2n) is 4.72. The van der Waals surface area contributed by atoms with E-state index >= 15 is 0 Å². The molecule has 0 aliphatic heterocycles. The number of urea groups is 1. The molecule has 0 radical (unpaired) electrons. The highest BCUT2D eigenvalue weighted by molar-refractivity contribution is 7.90. The summed E-state index contributed by atoms with van der Waals surface area (Å²) in [6.45, 7) is 1.56. The Morgan fingerprint density at radius 1 is 1.20 bits per heavy atom. The summed E-state index contributed by atoms with van der Waals surface area (Å²) in [5, 5.41) is 2.32. The number of ether oxygens (including phenoxy) is 1. The number of benzene rings is 1. The Balaban J connectivity index is 2.11. The van der Waals surface area contributed by atoms with Crippen LogP contribution in [0.25, 0.3) is 0 Å². The van der Waals surface area contributed by atoms with E-state index < -0.39 is 22.0 Å². The molecule has 2 amide bonds. The number of rotatable bonds is 5. The molecule has 25 heavy (non-hydrogen) atoms. The summed E-state index contributed by atoms with van der Waals surface area (Å²) in [4.78, 5) is 34.8. The lowest BCUT2D eigenvalue weighted by Gasteiger charge is -2.11. The van der Waals surface area contributed by atoms with Gasteiger partial charge in [-0.3, -0.25) is 0 Å². The van der Waals surface area contributed by atoms with E-state index in [9.17, 15) is 18.0 Å². The molecule has 0 atom stereocenters. The van der Waals surface area contributed by atoms with Crippen molar-refractivity contribution in [3.05, 3.63) is 47.8 Å². The van der Waals surface area contributed by atoms with E-state index in [-0.39, 0.29) is 22.8 Å². The molecular weight excluding hydrogens is 350 g/mol. The van der Waals surface area contributed by atoms with E-state index in [4.69, 9.17) is 0 Å². The lowest BCUT2D eigenvalue weighted by molar-refractivity contribution is 0.0596. The molecule has 0 bridgehead atoms. The second-order valence-corrected chi connectivity index (χ2v) is 6.38. The van der Waals surface area contributed by atoms with Crippen LogP contribution in [0.15, 0.2) is 35.5 Å². The van der Waals surface area contributed by atoms with Crippen molar-refractivity contribution < 1.29 is 22.7 Å². The minimum atomic E-state index is -4.27. The second kappa shape index (κ2) is 7.66. The molecule has 0 saturated heterocycles. The van der Waals surface area contributed by atoms with Gasteiger partial charge >= 0.3 is 12.0 Å². The van der Waals surface area contributed by atoms with Crippen LogP contribution < -0.4 is 10.0 Å². The number of amides is 2. The SMILES string of the molecule is COC(=O)c1ccccc1S(=O)(=O)NC(=O)NCc1ncnc(C)n1. The van der Waals surface area contributed by atoms with E-state index in [2.05, 4.69) is 25.0 Å². The molecule has 10 nitrogen and oxygen atoms in total. The molecule has 0 aliphatic rings. The normalized spacial score (nSPS) is 10.8. The van der Waals surface area contributed by atoms with Crippen LogP contribution in [-0.2, 0) is 21.3 Å². The number of hydrogen-bond acceptors (Lipinski definition) is 8. The smallest absolute Gasteiger partial charge is 0.339 e. The monoisotopic (exact) mass is 365 g/mol. The first-order valence-corrected chi connectivity index (χ1v) is 8.44. The largest absolute Gasteiger partial charge is 0.465 e. The lowest BCUT2D eigenvalue weighted by atomic mass is 10.2. The van der Waals surface area contributed by atoms with Gasteiger partial charge in [-0.15, -0.1) is 0 Å². The van der Waals surface area contributed by atoms with Gasteiger partial charge in [-0.1, -0.05) is 12.1 Å². The fourth-order valence-electron chi connectivity index (χ4n) is 1.86. The average Bonchev–Trinajstić information content (AvgIpc) is 2.59. The number of nitrogens with zero attached hydrogens (tertiary/aromatic N) is 3. The van der Waals surface area contributed by atoms with Crippen molar-refractivity contribution in [3.8, 4) is 0 Å². The van der Waals surface area contributed by atoms with E-state index in [1.54, 1.807) is 6.92 Å². The van der Waals surface area contributed by atoms with Gasteiger partial charge in [0.05, 0.1) is 19.2 Å². The molecule has 11 heteroatoms. The Kier molecular flexibility index (Phi) is 5.60. The van der Waals surface area contributed by atoms with Crippen molar-refractivity contribution in [2.24, 2.45) is 0 Å². The highest BCUT2D eigenvalue weighted by Crippen LogP contribution is 2.16. The van der Waals surface area contributed by atoms with Crippen LogP contribution in [0.5, 0.6) is 0 Å². The van der Waals surface area contributed by atoms with Gasteiger partial charge in [0.2, 0.25) is 0 Å². The van der Waals surface area contributed by atoms with E-state index in [1.807, 2.05) is 4.72 Å². The summed E-state index contributed by atoms with van der Waals surface area (Å²) < 4.78 is 31.0. The Labute approximate surface area is 143 Å².